The Hall–Kier alpha value is -3.84. The van der Waals surface area contributed by atoms with E-state index in [9.17, 15) is 5.26 Å². The van der Waals surface area contributed by atoms with E-state index in [2.05, 4.69) is 18.2 Å². The van der Waals surface area contributed by atoms with Gasteiger partial charge in [0.1, 0.15) is 0 Å². The van der Waals surface area contributed by atoms with Crippen LogP contribution in [0.15, 0.2) is 78.9 Å². The fourth-order valence-corrected chi connectivity index (χ4v) is 7.53. The van der Waals surface area contributed by atoms with Gasteiger partial charge < -0.3 is 0 Å². The summed E-state index contributed by atoms with van der Waals surface area (Å²) in [5, 5.41) is 9.98. The van der Waals surface area contributed by atoms with Gasteiger partial charge in [-0.3, -0.25) is 0 Å². The molecule has 36 heavy (non-hydrogen) atoms. The standard InChI is InChI=1S/C32H28N4/c33-20-24-14-27(16-28(15-24)32-17-21-11-22(18-32)13-23(12-21)19-32)31-35-29(25-7-3-1-4-8-25)34-30(36-31)26-9-5-2-6-10-26/h1-10,14-16,21-23H,11-13,17-19H2/t21-,22+,23-,32?. The lowest BCUT2D eigenvalue weighted by Gasteiger charge is -2.57. The van der Waals surface area contributed by atoms with Crippen molar-refractivity contribution >= 4 is 0 Å². The Morgan fingerprint density at radius 1 is 0.611 bits per heavy atom. The summed E-state index contributed by atoms with van der Waals surface area (Å²) >= 11 is 0. The van der Waals surface area contributed by atoms with Crippen LogP contribution in [0.5, 0.6) is 0 Å². The number of hydrogen-bond donors (Lipinski definition) is 0. The third kappa shape index (κ3) is 3.71. The highest BCUT2D eigenvalue weighted by atomic mass is 15.0. The van der Waals surface area contributed by atoms with Gasteiger partial charge in [0.15, 0.2) is 17.5 Å². The molecule has 4 bridgehead atoms. The molecule has 3 aromatic carbocycles. The number of hydrogen-bond acceptors (Lipinski definition) is 4. The normalized spacial score (nSPS) is 26.0. The van der Waals surface area contributed by atoms with Crippen molar-refractivity contribution in [3.05, 3.63) is 90.0 Å². The number of aromatic nitrogens is 3. The van der Waals surface area contributed by atoms with Crippen molar-refractivity contribution < 1.29 is 0 Å². The highest BCUT2D eigenvalue weighted by molar-refractivity contribution is 5.68. The molecule has 0 spiro atoms. The Kier molecular flexibility index (Phi) is 4.99. The molecule has 0 atom stereocenters. The molecular formula is C32H28N4. The molecule has 176 valence electrons. The highest BCUT2D eigenvalue weighted by Gasteiger charge is 2.51. The Bertz CT molecular complexity index is 1380. The molecule has 8 rings (SSSR count). The number of nitriles is 1. The average molecular weight is 469 g/mol. The van der Waals surface area contributed by atoms with Crippen molar-refractivity contribution in [1.29, 1.82) is 5.26 Å². The first kappa shape index (κ1) is 21.4. The zero-order valence-electron chi connectivity index (χ0n) is 20.3. The summed E-state index contributed by atoms with van der Waals surface area (Å²) in [6.45, 7) is 0. The lowest BCUT2D eigenvalue weighted by atomic mass is 9.48. The summed E-state index contributed by atoms with van der Waals surface area (Å²) in [5.74, 6) is 4.47. The maximum atomic E-state index is 9.98. The molecular weight excluding hydrogens is 440 g/mol. The SMILES string of the molecule is N#Cc1cc(-c2nc(-c3ccccc3)nc(-c3ccccc3)n2)cc(C23C[C@H]4C[C@@H](C2)C[C@@H](C3)C4)c1. The van der Waals surface area contributed by atoms with Gasteiger partial charge in [-0.05, 0) is 85.5 Å². The molecule has 0 radical (unpaired) electrons. The van der Waals surface area contributed by atoms with Crippen molar-refractivity contribution in [1.82, 2.24) is 15.0 Å². The summed E-state index contributed by atoms with van der Waals surface area (Å²) in [5.41, 5.74) is 5.04. The molecule has 4 aromatic rings. The van der Waals surface area contributed by atoms with Crippen LogP contribution in [-0.4, -0.2) is 15.0 Å². The summed E-state index contributed by atoms with van der Waals surface area (Å²) in [4.78, 5) is 14.7. The fraction of sp³-hybridized carbons (Fsp3) is 0.312. The van der Waals surface area contributed by atoms with Gasteiger partial charge >= 0.3 is 0 Å². The van der Waals surface area contributed by atoms with Gasteiger partial charge in [0.25, 0.3) is 0 Å². The summed E-state index contributed by atoms with van der Waals surface area (Å²) in [6, 6.07) is 28.9. The van der Waals surface area contributed by atoms with E-state index in [1.165, 1.54) is 44.1 Å². The number of rotatable bonds is 4. The minimum Gasteiger partial charge on any atom is -0.208 e. The van der Waals surface area contributed by atoms with Gasteiger partial charge in [-0.2, -0.15) is 5.26 Å². The van der Waals surface area contributed by atoms with E-state index in [1.807, 2.05) is 66.7 Å². The molecule has 4 aliphatic rings. The van der Waals surface area contributed by atoms with Gasteiger partial charge in [-0.1, -0.05) is 60.7 Å². The molecule has 0 N–H and O–H groups in total. The minimum absolute atomic E-state index is 0.202. The van der Waals surface area contributed by atoms with Crippen molar-refractivity contribution in [3.63, 3.8) is 0 Å². The van der Waals surface area contributed by atoms with Crippen LogP contribution in [0, 0.1) is 29.1 Å². The van der Waals surface area contributed by atoms with Crippen LogP contribution in [0.4, 0.5) is 0 Å². The molecule has 1 aromatic heterocycles. The third-order valence-corrected chi connectivity index (χ3v) is 8.67. The van der Waals surface area contributed by atoms with E-state index in [-0.39, 0.29) is 5.41 Å². The Morgan fingerprint density at radius 3 is 1.56 bits per heavy atom. The van der Waals surface area contributed by atoms with Gasteiger partial charge in [0.05, 0.1) is 11.6 Å². The average Bonchev–Trinajstić information content (AvgIpc) is 2.93. The van der Waals surface area contributed by atoms with Crippen LogP contribution in [0.25, 0.3) is 34.2 Å². The van der Waals surface area contributed by atoms with Crippen molar-refractivity contribution in [2.24, 2.45) is 17.8 Å². The van der Waals surface area contributed by atoms with Gasteiger partial charge in [0.2, 0.25) is 0 Å². The van der Waals surface area contributed by atoms with Gasteiger partial charge in [-0.25, -0.2) is 15.0 Å². The van der Waals surface area contributed by atoms with E-state index in [4.69, 9.17) is 15.0 Å². The summed E-state index contributed by atoms with van der Waals surface area (Å²) < 4.78 is 0. The summed E-state index contributed by atoms with van der Waals surface area (Å²) in [7, 11) is 0. The molecule has 0 saturated heterocycles. The smallest absolute Gasteiger partial charge is 0.164 e. The molecule has 4 aliphatic carbocycles. The van der Waals surface area contributed by atoms with Gasteiger partial charge in [0, 0.05) is 16.7 Å². The number of nitrogens with zero attached hydrogens (tertiary/aromatic N) is 4. The quantitative estimate of drug-likeness (QED) is 0.317. The first-order valence-electron chi connectivity index (χ1n) is 13.1. The van der Waals surface area contributed by atoms with E-state index >= 15 is 0 Å². The first-order chi connectivity index (χ1) is 17.7. The second kappa shape index (κ2) is 8.38. The zero-order chi connectivity index (χ0) is 24.1. The van der Waals surface area contributed by atoms with E-state index in [1.54, 1.807) is 0 Å². The maximum absolute atomic E-state index is 9.98. The van der Waals surface area contributed by atoms with Crippen molar-refractivity contribution in [2.75, 3.05) is 0 Å². The Labute approximate surface area is 212 Å². The lowest BCUT2D eigenvalue weighted by Crippen LogP contribution is -2.48. The van der Waals surface area contributed by atoms with E-state index in [0.717, 1.165) is 34.4 Å². The van der Waals surface area contributed by atoms with Crippen LogP contribution in [0.3, 0.4) is 0 Å². The molecule has 0 amide bonds. The number of benzene rings is 3. The molecule has 0 unspecified atom stereocenters. The van der Waals surface area contributed by atoms with Crippen molar-refractivity contribution in [3.8, 4) is 40.2 Å². The Balaban J connectivity index is 1.39. The topological polar surface area (TPSA) is 62.5 Å². The van der Waals surface area contributed by atoms with Crippen LogP contribution in [-0.2, 0) is 5.41 Å². The lowest BCUT2D eigenvalue weighted by molar-refractivity contribution is -0.00518. The molecule has 1 heterocycles. The van der Waals surface area contributed by atoms with Crippen LogP contribution >= 0.6 is 0 Å². The molecule has 0 aliphatic heterocycles. The Morgan fingerprint density at radius 2 is 1.08 bits per heavy atom. The van der Waals surface area contributed by atoms with E-state index < -0.39 is 0 Å². The first-order valence-corrected chi connectivity index (χ1v) is 13.1. The molecule has 4 nitrogen and oxygen atoms in total. The third-order valence-electron chi connectivity index (χ3n) is 8.67. The van der Waals surface area contributed by atoms with Crippen LogP contribution < -0.4 is 0 Å². The zero-order valence-corrected chi connectivity index (χ0v) is 20.3. The highest BCUT2D eigenvalue weighted by Crippen LogP contribution is 2.61. The molecule has 4 fully saturated rings. The van der Waals surface area contributed by atoms with Crippen molar-refractivity contribution in [2.45, 2.75) is 43.9 Å². The van der Waals surface area contributed by atoms with Gasteiger partial charge in [-0.15, -0.1) is 0 Å². The van der Waals surface area contributed by atoms with Crippen LogP contribution in [0.2, 0.25) is 0 Å². The minimum atomic E-state index is 0.202. The largest absolute Gasteiger partial charge is 0.208 e. The summed E-state index contributed by atoms with van der Waals surface area (Å²) in [6.07, 6.45) is 7.98. The second-order valence-electron chi connectivity index (χ2n) is 11.1. The fourth-order valence-electron chi connectivity index (χ4n) is 7.53. The molecule has 4 saturated carbocycles. The predicted molar refractivity (Wildman–Crippen MR) is 141 cm³/mol. The monoisotopic (exact) mass is 468 g/mol. The maximum Gasteiger partial charge on any atom is 0.164 e. The van der Waals surface area contributed by atoms with Crippen LogP contribution in [0.1, 0.15) is 49.7 Å². The van der Waals surface area contributed by atoms with E-state index in [0.29, 0.717) is 23.0 Å². The predicted octanol–water partition coefficient (Wildman–Crippen LogP) is 7.21. The molecule has 4 heteroatoms. The second-order valence-corrected chi connectivity index (χ2v) is 11.1.